The van der Waals surface area contributed by atoms with E-state index in [0.717, 1.165) is 0 Å². The molecule has 3 N–H and O–H groups in total. The zero-order valence-electron chi connectivity index (χ0n) is 10.1. The third kappa shape index (κ3) is 4.01. The van der Waals surface area contributed by atoms with E-state index >= 15 is 0 Å². The van der Waals surface area contributed by atoms with E-state index < -0.39 is 17.3 Å². The highest BCUT2D eigenvalue weighted by Gasteiger charge is 2.25. The molecule has 18 heavy (non-hydrogen) atoms. The van der Waals surface area contributed by atoms with E-state index in [2.05, 4.69) is 9.68 Å². The molecule has 0 aliphatic heterocycles. The number of carboxylic acid groups (broad SMARTS) is 1. The minimum atomic E-state index is -1.30. The van der Waals surface area contributed by atoms with E-state index in [1.54, 1.807) is 19.1 Å². The second kappa shape index (κ2) is 6.36. The van der Waals surface area contributed by atoms with Gasteiger partial charge in [0.15, 0.2) is 5.82 Å². The third-order valence-corrected chi connectivity index (χ3v) is 2.35. The average molecular weight is 278 g/mol. The Morgan fingerprint density at radius 2 is 2.22 bits per heavy atom. The molecule has 0 aliphatic rings. The second-order valence-corrected chi connectivity index (χ2v) is 4.00. The van der Waals surface area contributed by atoms with Gasteiger partial charge in [-0.2, -0.15) is 0 Å². The standard InChI is InChI=1S/C10H15N3O4.ClH/c1-7-12-17-9(16)13(7)6-4-3-5-10(2,11)8(14)15;/h3-4H,5-6,11H2,1-2H3,(H,14,15);1H/b4-3+;/t10-;/m0./s1. The van der Waals surface area contributed by atoms with Crippen LogP contribution in [0.5, 0.6) is 0 Å². The molecule has 1 aromatic heterocycles. The molecule has 1 aromatic rings. The Bertz CT molecular complexity index is 490. The molecule has 0 radical (unpaired) electrons. The third-order valence-electron chi connectivity index (χ3n) is 2.35. The predicted octanol–water partition coefficient (Wildman–Crippen LogP) is 0.315. The van der Waals surface area contributed by atoms with Crippen LogP contribution >= 0.6 is 12.4 Å². The highest BCUT2D eigenvalue weighted by atomic mass is 35.5. The molecule has 0 aromatic carbocycles. The number of aliphatic carboxylic acids is 1. The number of rotatable bonds is 5. The zero-order valence-corrected chi connectivity index (χ0v) is 10.9. The van der Waals surface area contributed by atoms with Gasteiger partial charge in [0.25, 0.3) is 0 Å². The van der Waals surface area contributed by atoms with Crippen molar-refractivity contribution in [2.75, 3.05) is 0 Å². The summed E-state index contributed by atoms with van der Waals surface area (Å²) < 4.78 is 5.76. The van der Waals surface area contributed by atoms with Crippen molar-refractivity contribution < 1.29 is 14.4 Å². The Kier molecular flexibility index (Phi) is 5.80. The molecule has 0 unspecified atom stereocenters. The van der Waals surface area contributed by atoms with Crippen molar-refractivity contribution in [3.05, 3.63) is 28.5 Å². The Hall–Kier alpha value is -1.60. The molecule has 1 atom stereocenters. The summed E-state index contributed by atoms with van der Waals surface area (Å²) in [6.45, 7) is 3.35. The van der Waals surface area contributed by atoms with E-state index in [-0.39, 0.29) is 25.4 Å². The quantitative estimate of drug-likeness (QED) is 0.750. The molecule has 0 fully saturated rings. The number of allylic oxidation sites excluding steroid dienone is 1. The van der Waals surface area contributed by atoms with Crippen LogP contribution in [0.2, 0.25) is 0 Å². The topological polar surface area (TPSA) is 111 Å². The summed E-state index contributed by atoms with van der Waals surface area (Å²) in [4.78, 5) is 21.8. The average Bonchev–Trinajstić information content (AvgIpc) is 2.54. The number of carbonyl (C=O) groups is 1. The summed E-state index contributed by atoms with van der Waals surface area (Å²) in [6.07, 6.45) is 3.45. The fourth-order valence-electron chi connectivity index (χ4n) is 1.14. The molecule has 0 aliphatic carbocycles. The number of nitrogens with zero attached hydrogens (tertiary/aromatic N) is 2. The van der Waals surface area contributed by atoms with Gasteiger partial charge in [0.2, 0.25) is 0 Å². The fraction of sp³-hybridized carbons (Fsp3) is 0.500. The Labute approximate surface area is 110 Å². The first-order valence-electron chi connectivity index (χ1n) is 5.05. The van der Waals surface area contributed by atoms with Gasteiger partial charge in [-0.3, -0.25) is 13.9 Å². The largest absolute Gasteiger partial charge is 0.480 e. The van der Waals surface area contributed by atoms with Crippen molar-refractivity contribution >= 4 is 18.4 Å². The van der Waals surface area contributed by atoms with Gasteiger partial charge in [0, 0.05) is 6.54 Å². The summed E-state index contributed by atoms with van der Waals surface area (Å²) in [5.41, 5.74) is 4.23. The molecular weight excluding hydrogens is 262 g/mol. The lowest BCUT2D eigenvalue weighted by Gasteiger charge is -2.16. The number of aromatic nitrogens is 2. The van der Waals surface area contributed by atoms with Gasteiger partial charge in [0.1, 0.15) is 5.54 Å². The zero-order chi connectivity index (χ0) is 13.1. The van der Waals surface area contributed by atoms with E-state index in [1.807, 2.05) is 0 Å². The van der Waals surface area contributed by atoms with Crippen LogP contribution < -0.4 is 11.5 Å². The number of nitrogens with two attached hydrogens (primary N) is 1. The van der Waals surface area contributed by atoms with Crippen molar-refractivity contribution in [3.63, 3.8) is 0 Å². The summed E-state index contributed by atoms with van der Waals surface area (Å²) >= 11 is 0. The predicted molar refractivity (Wildman–Crippen MR) is 66.7 cm³/mol. The molecule has 7 nitrogen and oxygen atoms in total. The van der Waals surface area contributed by atoms with E-state index in [1.165, 1.54) is 11.5 Å². The monoisotopic (exact) mass is 277 g/mol. The van der Waals surface area contributed by atoms with Gasteiger partial charge in [-0.1, -0.05) is 17.3 Å². The van der Waals surface area contributed by atoms with Crippen molar-refractivity contribution in [1.82, 2.24) is 9.72 Å². The highest BCUT2D eigenvalue weighted by Crippen LogP contribution is 2.06. The van der Waals surface area contributed by atoms with Crippen molar-refractivity contribution in [1.29, 1.82) is 0 Å². The lowest BCUT2D eigenvalue weighted by atomic mass is 10.00. The van der Waals surface area contributed by atoms with Crippen LogP contribution in [0.3, 0.4) is 0 Å². The summed E-state index contributed by atoms with van der Waals surface area (Å²) in [7, 11) is 0. The van der Waals surface area contributed by atoms with Crippen molar-refractivity contribution in [2.24, 2.45) is 5.73 Å². The lowest BCUT2D eigenvalue weighted by molar-refractivity contribution is -0.142. The SMILES string of the molecule is Cc1noc(=O)n1C/C=C/C[C@](C)(N)C(=O)O.Cl. The van der Waals surface area contributed by atoms with Crippen LogP contribution in [0.1, 0.15) is 19.2 Å². The lowest BCUT2D eigenvalue weighted by Crippen LogP contribution is -2.44. The number of hydrogen-bond donors (Lipinski definition) is 2. The Morgan fingerprint density at radius 3 is 2.67 bits per heavy atom. The maximum atomic E-state index is 11.1. The number of aryl methyl sites for hydroxylation is 1. The molecule has 8 heteroatoms. The van der Waals surface area contributed by atoms with Gasteiger partial charge in [-0.15, -0.1) is 12.4 Å². The van der Waals surface area contributed by atoms with E-state index in [4.69, 9.17) is 10.8 Å². The van der Waals surface area contributed by atoms with Crippen LogP contribution in [0, 0.1) is 6.92 Å². The van der Waals surface area contributed by atoms with Gasteiger partial charge >= 0.3 is 11.7 Å². The van der Waals surface area contributed by atoms with Gasteiger partial charge in [-0.25, -0.2) is 4.79 Å². The maximum absolute atomic E-state index is 11.1. The molecular formula is C10H16ClN3O4. The van der Waals surface area contributed by atoms with Crippen molar-refractivity contribution in [2.45, 2.75) is 32.4 Å². The first-order valence-corrected chi connectivity index (χ1v) is 5.05. The van der Waals surface area contributed by atoms with Crippen LogP contribution in [-0.2, 0) is 11.3 Å². The van der Waals surface area contributed by atoms with Gasteiger partial charge < -0.3 is 10.8 Å². The number of halogens is 1. The van der Waals surface area contributed by atoms with Gasteiger partial charge in [0.05, 0.1) is 0 Å². The van der Waals surface area contributed by atoms with E-state index in [9.17, 15) is 9.59 Å². The van der Waals surface area contributed by atoms with Crippen LogP contribution in [0.25, 0.3) is 0 Å². The highest BCUT2D eigenvalue weighted by molar-refractivity contribution is 5.85. The minimum Gasteiger partial charge on any atom is -0.480 e. The van der Waals surface area contributed by atoms with Crippen LogP contribution in [-0.4, -0.2) is 26.3 Å². The van der Waals surface area contributed by atoms with Crippen molar-refractivity contribution in [3.8, 4) is 0 Å². The molecule has 102 valence electrons. The van der Waals surface area contributed by atoms with Gasteiger partial charge in [-0.05, 0) is 20.3 Å². The summed E-state index contributed by atoms with van der Waals surface area (Å²) in [5.74, 6) is -1.14. The number of carboxylic acids is 1. The number of hydrogen-bond acceptors (Lipinski definition) is 5. The first kappa shape index (κ1) is 16.4. The normalized spacial score (nSPS) is 14.2. The second-order valence-electron chi connectivity index (χ2n) is 4.00. The summed E-state index contributed by atoms with van der Waals surface area (Å²) in [5, 5.41) is 12.3. The fourth-order valence-corrected chi connectivity index (χ4v) is 1.14. The maximum Gasteiger partial charge on any atom is 0.441 e. The molecule has 1 heterocycles. The molecule has 0 spiro atoms. The molecule has 0 saturated heterocycles. The summed E-state index contributed by atoms with van der Waals surface area (Å²) in [6, 6.07) is 0. The molecule has 1 rings (SSSR count). The van der Waals surface area contributed by atoms with E-state index in [0.29, 0.717) is 5.82 Å². The molecule has 0 saturated carbocycles. The van der Waals surface area contributed by atoms with Crippen LogP contribution in [0.4, 0.5) is 0 Å². The smallest absolute Gasteiger partial charge is 0.441 e. The Morgan fingerprint density at radius 1 is 1.61 bits per heavy atom. The van der Waals surface area contributed by atoms with Crippen LogP contribution in [0.15, 0.2) is 21.5 Å². The first-order chi connectivity index (χ1) is 7.84. The minimum absolute atomic E-state index is 0. The molecule has 0 bridgehead atoms. The molecule has 0 amide bonds. The Balaban J connectivity index is 0.00000289.